The highest BCUT2D eigenvalue weighted by atomic mass is 16.4. The maximum Gasteiger partial charge on any atom is 0.451 e. The highest BCUT2D eigenvalue weighted by Crippen LogP contribution is 2.28. The molecule has 118 valence electrons. The van der Waals surface area contributed by atoms with Gasteiger partial charge in [-0.05, 0) is 24.6 Å². The van der Waals surface area contributed by atoms with Gasteiger partial charge in [-0.1, -0.05) is 33.1 Å². The van der Waals surface area contributed by atoms with E-state index in [4.69, 9.17) is 20.9 Å². The first-order valence-corrected chi connectivity index (χ1v) is 7.42. The lowest BCUT2D eigenvalue weighted by molar-refractivity contribution is -0.123. The fourth-order valence-electron chi connectivity index (χ4n) is 2.14. The Morgan fingerprint density at radius 2 is 1.95 bits per heavy atom. The fourth-order valence-corrected chi connectivity index (χ4v) is 2.14. The summed E-state index contributed by atoms with van der Waals surface area (Å²) < 4.78 is 0. The highest BCUT2D eigenvalue weighted by Gasteiger charge is 2.22. The molecule has 1 fully saturated rings. The van der Waals surface area contributed by atoms with Crippen LogP contribution in [0.5, 0.6) is 0 Å². The van der Waals surface area contributed by atoms with Gasteiger partial charge in [-0.25, -0.2) is 0 Å². The van der Waals surface area contributed by atoms with E-state index >= 15 is 0 Å². The van der Waals surface area contributed by atoms with Crippen LogP contribution in [0.4, 0.5) is 0 Å². The zero-order valence-corrected chi connectivity index (χ0v) is 12.6. The maximum atomic E-state index is 11.3. The molecule has 0 aromatic carbocycles. The zero-order chi connectivity index (χ0) is 15.5. The molecule has 0 radical (unpaired) electrons. The van der Waals surface area contributed by atoms with Gasteiger partial charge >= 0.3 is 7.12 Å². The van der Waals surface area contributed by atoms with Crippen molar-refractivity contribution in [3.05, 3.63) is 0 Å². The van der Waals surface area contributed by atoms with Gasteiger partial charge in [-0.15, -0.1) is 0 Å². The average molecular weight is 288 g/mol. The molecule has 0 aromatic heterocycles. The van der Waals surface area contributed by atoms with Gasteiger partial charge in [-0.2, -0.15) is 0 Å². The minimum absolute atomic E-state index is 0.240. The van der Waals surface area contributed by atoms with Crippen LogP contribution in [0.2, 0.25) is 6.32 Å². The number of carbonyl (C=O) groups is 1. The standard InChI is InChI=1S/C11H22N2O2.C2H7BO2/c1-8-4-2-3-5-9(8)6-13-11(15)10(12)7-14;1-2-3(4)5/h8-10,14H,2-7,12H2,1H3,(H,13,15);4-5H,2H2,1H3. The van der Waals surface area contributed by atoms with Crippen LogP contribution in [0.1, 0.15) is 39.5 Å². The van der Waals surface area contributed by atoms with Crippen molar-refractivity contribution < 1.29 is 19.9 Å². The Bertz CT molecular complexity index is 267. The fraction of sp³-hybridized carbons (Fsp3) is 0.923. The Morgan fingerprint density at radius 1 is 1.40 bits per heavy atom. The first-order chi connectivity index (χ1) is 9.42. The van der Waals surface area contributed by atoms with Crippen molar-refractivity contribution in [2.75, 3.05) is 13.2 Å². The molecular weight excluding hydrogens is 259 g/mol. The maximum absolute atomic E-state index is 11.3. The normalized spacial score (nSPS) is 23.3. The van der Waals surface area contributed by atoms with Crippen LogP contribution in [-0.2, 0) is 4.79 Å². The second-order valence-corrected chi connectivity index (χ2v) is 5.44. The van der Waals surface area contributed by atoms with E-state index < -0.39 is 13.2 Å². The topological polar surface area (TPSA) is 116 Å². The monoisotopic (exact) mass is 288 g/mol. The number of carbonyl (C=O) groups excluding carboxylic acids is 1. The minimum atomic E-state index is -1.12. The Hall–Kier alpha value is -0.625. The number of aliphatic hydroxyl groups excluding tert-OH is 1. The molecule has 1 amide bonds. The van der Waals surface area contributed by atoms with Crippen LogP contribution < -0.4 is 11.1 Å². The second-order valence-electron chi connectivity index (χ2n) is 5.44. The largest absolute Gasteiger partial charge is 0.451 e. The van der Waals surface area contributed by atoms with E-state index in [-0.39, 0.29) is 12.5 Å². The summed E-state index contributed by atoms with van der Waals surface area (Å²) in [5.41, 5.74) is 5.40. The molecule has 0 saturated heterocycles. The molecule has 7 heteroatoms. The molecule has 0 aliphatic heterocycles. The molecule has 3 unspecified atom stereocenters. The highest BCUT2D eigenvalue weighted by molar-refractivity contribution is 6.40. The molecule has 1 saturated carbocycles. The third-order valence-corrected chi connectivity index (χ3v) is 3.73. The van der Waals surface area contributed by atoms with Crippen molar-refractivity contribution in [3.8, 4) is 0 Å². The first-order valence-electron chi connectivity index (χ1n) is 7.42. The van der Waals surface area contributed by atoms with Crippen molar-refractivity contribution in [1.29, 1.82) is 0 Å². The van der Waals surface area contributed by atoms with Crippen molar-refractivity contribution in [3.63, 3.8) is 0 Å². The van der Waals surface area contributed by atoms with E-state index in [0.29, 0.717) is 24.7 Å². The smallest absolute Gasteiger partial charge is 0.427 e. The summed E-state index contributed by atoms with van der Waals surface area (Å²) in [5, 5.41) is 27.4. The summed E-state index contributed by atoms with van der Waals surface area (Å²) in [4.78, 5) is 11.3. The number of hydrogen-bond acceptors (Lipinski definition) is 5. The van der Waals surface area contributed by atoms with Crippen molar-refractivity contribution in [1.82, 2.24) is 5.32 Å². The molecule has 1 rings (SSSR count). The molecule has 0 spiro atoms. The van der Waals surface area contributed by atoms with Crippen LogP contribution in [0, 0.1) is 11.8 Å². The minimum Gasteiger partial charge on any atom is -0.427 e. The lowest BCUT2D eigenvalue weighted by Gasteiger charge is -2.29. The number of nitrogens with one attached hydrogen (secondary N) is 1. The van der Waals surface area contributed by atoms with Gasteiger partial charge < -0.3 is 26.2 Å². The molecule has 6 N–H and O–H groups in total. The summed E-state index contributed by atoms with van der Waals surface area (Å²) in [6.07, 6.45) is 5.43. The van der Waals surface area contributed by atoms with E-state index in [2.05, 4.69) is 12.2 Å². The summed E-state index contributed by atoms with van der Waals surface area (Å²) in [6, 6.07) is -0.774. The van der Waals surface area contributed by atoms with Gasteiger partial charge in [-0.3, -0.25) is 4.79 Å². The van der Waals surface area contributed by atoms with Gasteiger partial charge in [0.2, 0.25) is 5.91 Å². The molecule has 1 aliphatic rings. The van der Waals surface area contributed by atoms with Crippen molar-refractivity contribution >= 4 is 13.0 Å². The molecule has 1 aliphatic carbocycles. The summed E-state index contributed by atoms with van der Waals surface area (Å²) in [6.45, 7) is 4.35. The van der Waals surface area contributed by atoms with Gasteiger partial charge in [0.05, 0.1) is 6.61 Å². The number of hydrogen-bond donors (Lipinski definition) is 5. The van der Waals surface area contributed by atoms with Crippen molar-refractivity contribution in [2.24, 2.45) is 17.6 Å². The third-order valence-electron chi connectivity index (χ3n) is 3.73. The van der Waals surface area contributed by atoms with E-state index in [1.54, 1.807) is 6.92 Å². The van der Waals surface area contributed by atoms with Gasteiger partial charge in [0.1, 0.15) is 6.04 Å². The summed E-state index contributed by atoms with van der Waals surface area (Å²) in [7, 11) is -1.12. The molecule has 3 atom stereocenters. The van der Waals surface area contributed by atoms with Gasteiger partial charge in [0, 0.05) is 6.54 Å². The molecule has 0 bridgehead atoms. The molecule has 0 aromatic rings. The summed E-state index contributed by atoms with van der Waals surface area (Å²) >= 11 is 0. The summed E-state index contributed by atoms with van der Waals surface area (Å²) in [5.74, 6) is 1.02. The van der Waals surface area contributed by atoms with Gasteiger partial charge in [0.25, 0.3) is 0 Å². The predicted molar refractivity (Wildman–Crippen MR) is 79.9 cm³/mol. The van der Waals surface area contributed by atoms with Crippen LogP contribution in [-0.4, -0.2) is 47.4 Å². The van der Waals surface area contributed by atoms with E-state index in [1.165, 1.54) is 25.7 Å². The third kappa shape index (κ3) is 8.53. The van der Waals surface area contributed by atoms with Crippen molar-refractivity contribution in [2.45, 2.75) is 51.9 Å². The van der Waals surface area contributed by atoms with Crippen LogP contribution in [0.15, 0.2) is 0 Å². The lowest BCUT2D eigenvalue weighted by atomic mass is 9.80. The zero-order valence-electron chi connectivity index (χ0n) is 12.6. The van der Waals surface area contributed by atoms with Crippen LogP contribution in [0.3, 0.4) is 0 Å². The van der Waals surface area contributed by atoms with Crippen LogP contribution in [0.25, 0.3) is 0 Å². The van der Waals surface area contributed by atoms with E-state index in [1.807, 2.05) is 0 Å². The number of rotatable bonds is 5. The first kappa shape index (κ1) is 19.4. The Balaban J connectivity index is 0.000000621. The Morgan fingerprint density at radius 3 is 2.40 bits per heavy atom. The lowest BCUT2D eigenvalue weighted by Crippen LogP contribution is -2.45. The Labute approximate surface area is 121 Å². The molecule has 20 heavy (non-hydrogen) atoms. The molecule has 0 heterocycles. The van der Waals surface area contributed by atoms with E-state index in [0.717, 1.165) is 0 Å². The average Bonchev–Trinajstić information content (AvgIpc) is 2.45. The van der Waals surface area contributed by atoms with E-state index in [9.17, 15) is 4.79 Å². The number of aliphatic hydroxyl groups is 1. The SMILES string of the molecule is CC1CCCCC1CNC(=O)C(N)CO.CCB(O)O. The Kier molecular flexibility index (Phi) is 10.7. The van der Waals surface area contributed by atoms with Gasteiger partial charge in [0.15, 0.2) is 0 Å². The molecular formula is C13H29BN2O4. The molecule has 6 nitrogen and oxygen atoms in total. The number of nitrogens with two attached hydrogens (primary N) is 1. The quantitative estimate of drug-likeness (QED) is 0.446. The second kappa shape index (κ2) is 11.1. The van der Waals surface area contributed by atoms with Crippen LogP contribution >= 0.6 is 0 Å². The predicted octanol–water partition coefficient (Wildman–Crippen LogP) is -0.272. The number of amides is 1.